The van der Waals surface area contributed by atoms with Crippen LogP contribution in [-0.4, -0.2) is 41.7 Å². The fourth-order valence-corrected chi connectivity index (χ4v) is 3.70. The smallest absolute Gasteiger partial charge is 0.312 e. The van der Waals surface area contributed by atoms with Crippen molar-refractivity contribution in [3.8, 4) is 0 Å². The first-order chi connectivity index (χ1) is 11.5. The molecule has 0 radical (unpaired) electrons. The van der Waals surface area contributed by atoms with Crippen LogP contribution in [0.1, 0.15) is 52.0 Å². The molecular formula is C20H31NO3. The van der Waals surface area contributed by atoms with Gasteiger partial charge in [0.25, 0.3) is 0 Å². The fourth-order valence-electron chi connectivity index (χ4n) is 3.70. The molecule has 1 unspecified atom stereocenters. The Morgan fingerprint density at radius 3 is 2.58 bits per heavy atom. The summed E-state index contributed by atoms with van der Waals surface area (Å²) in [5.74, 6) is -0.742. The molecule has 3 atom stereocenters. The molecule has 1 N–H and O–H groups in total. The van der Waals surface area contributed by atoms with Crippen molar-refractivity contribution < 1.29 is 14.6 Å². The number of benzene rings is 1. The Balaban J connectivity index is 2.08. The summed E-state index contributed by atoms with van der Waals surface area (Å²) in [5.41, 5.74) is -0.283. The van der Waals surface area contributed by atoms with Crippen LogP contribution in [0.25, 0.3) is 0 Å². The van der Waals surface area contributed by atoms with Gasteiger partial charge in [0.1, 0.15) is 11.7 Å². The molecule has 0 amide bonds. The van der Waals surface area contributed by atoms with Gasteiger partial charge in [0.05, 0.1) is 5.92 Å². The topological polar surface area (TPSA) is 49.8 Å². The number of carbonyl (C=O) groups excluding carboxylic acids is 1. The van der Waals surface area contributed by atoms with Crippen LogP contribution in [0.15, 0.2) is 30.3 Å². The summed E-state index contributed by atoms with van der Waals surface area (Å²) >= 11 is 0. The van der Waals surface area contributed by atoms with Crippen molar-refractivity contribution >= 4 is 5.97 Å². The zero-order valence-corrected chi connectivity index (χ0v) is 15.2. The monoisotopic (exact) mass is 333 g/mol. The van der Waals surface area contributed by atoms with Crippen molar-refractivity contribution in [2.75, 3.05) is 19.6 Å². The Labute approximate surface area is 145 Å². The third-order valence-corrected chi connectivity index (χ3v) is 5.16. The van der Waals surface area contributed by atoms with Crippen molar-refractivity contribution in [1.29, 1.82) is 0 Å². The van der Waals surface area contributed by atoms with E-state index in [4.69, 9.17) is 4.74 Å². The first-order valence-electron chi connectivity index (χ1n) is 9.22. The molecule has 24 heavy (non-hydrogen) atoms. The second-order valence-corrected chi connectivity index (χ2v) is 6.82. The molecule has 0 bridgehead atoms. The summed E-state index contributed by atoms with van der Waals surface area (Å²) in [4.78, 5) is 15.0. The first-order valence-corrected chi connectivity index (χ1v) is 9.22. The maximum Gasteiger partial charge on any atom is 0.312 e. The zero-order chi connectivity index (χ0) is 17.6. The van der Waals surface area contributed by atoms with Crippen LogP contribution in [0.3, 0.4) is 0 Å². The molecule has 1 saturated carbocycles. The number of hydrogen-bond acceptors (Lipinski definition) is 4. The van der Waals surface area contributed by atoms with E-state index in [1.165, 1.54) is 0 Å². The third-order valence-electron chi connectivity index (χ3n) is 5.16. The average molecular weight is 333 g/mol. The molecule has 0 aromatic heterocycles. The lowest BCUT2D eigenvalue weighted by Gasteiger charge is -2.39. The summed E-state index contributed by atoms with van der Waals surface area (Å²) in [6.45, 7) is 8.75. The van der Waals surface area contributed by atoms with Gasteiger partial charge < -0.3 is 14.7 Å². The second-order valence-electron chi connectivity index (χ2n) is 6.82. The van der Waals surface area contributed by atoms with Crippen LogP contribution in [0.4, 0.5) is 0 Å². The van der Waals surface area contributed by atoms with Crippen LogP contribution >= 0.6 is 0 Å². The van der Waals surface area contributed by atoms with E-state index >= 15 is 0 Å². The summed E-state index contributed by atoms with van der Waals surface area (Å²) in [5, 5.41) is 11.2. The van der Waals surface area contributed by atoms with E-state index in [1.54, 1.807) is 0 Å². The Hall–Kier alpha value is -1.39. The van der Waals surface area contributed by atoms with Gasteiger partial charge in [-0.3, -0.25) is 4.79 Å². The number of ether oxygens (including phenoxy) is 1. The summed E-state index contributed by atoms with van der Waals surface area (Å²) in [6.07, 6.45) is 3.02. The molecule has 0 saturated heterocycles. The Kier molecular flexibility index (Phi) is 6.81. The lowest BCUT2D eigenvalue weighted by atomic mass is 9.71. The number of carbonyl (C=O) groups is 1. The number of rotatable bonds is 7. The van der Waals surface area contributed by atoms with Gasteiger partial charge in [0.15, 0.2) is 0 Å². The maximum atomic E-state index is 12.8. The molecule has 0 heterocycles. The summed E-state index contributed by atoms with van der Waals surface area (Å²) < 4.78 is 5.70. The van der Waals surface area contributed by atoms with Gasteiger partial charge in [0.2, 0.25) is 0 Å². The SMILES string of the molecule is CCN(CC)CC(C)OC(=O)[C@@H]1CCCC[C@]1(O)c1ccccc1. The van der Waals surface area contributed by atoms with E-state index in [1.807, 2.05) is 37.3 Å². The third kappa shape index (κ3) is 4.37. The predicted octanol–water partition coefficient (Wildman–Crippen LogP) is 3.34. The highest BCUT2D eigenvalue weighted by molar-refractivity contribution is 5.74. The number of aliphatic hydroxyl groups is 1. The highest BCUT2D eigenvalue weighted by Crippen LogP contribution is 2.42. The van der Waals surface area contributed by atoms with E-state index < -0.39 is 11.5 Å². The van der Waals surface area contributed by atoms with Crippen LogP contribution in [-0.2, 0) is 15.1 Å². The van der Waals surface area contributed by atoms with E-state index in [2.05, 4.69) is 18.7 Å². The minimum Gasteiger partial charge on any atom is -0.461 e. The molecule has 0 aliphatic heterocycles. The molecule has 0 spiro atoms. The van der Waals surface area contributed by atoms with Gasteiger partial charge in [-0.05, 0) is 38.4 Å². The largest absolute Gasteiger partial charge is 0.461 e. The average Bonchev–Trinajstić information content (AvgIpc) is 2.60. The molecular weight excluding hydrogens is 302 g/mol. The standard InChI is InChI=1S/C20H31NO3/c1-4-21(5-2)15-16(3)24-19(22)18-13-9-10-14-20(18,23)17-11-7-6-8-12-17/h6-8,11-12,16,18,23H,4-5,9-10,13-15H2,1-3H3/t16?,18-,20-/m0/s1. The fraction of sp³-hybridized carbons (Fsp3) is 0.650. The predicted molar refractivity (Wildman–Crippen MR) is 95.6 cm³/mol. The number of esters is 1. The zero-order valence-electron chi connectivity index (χ0n) is 15.2. The summed E-state index contributed by atoms with van der Waals surface area (Å²) in [7, 11) is 0. The number of likely N-dealkylation sites (N-methyl/N-ethyl adjacent to an activating group) is 1. The molecule has 134 valence electrons. The van der Waals surface area contributed by atoms with Gasteiger partial charge in [0, 0.05) is 6.54 Å². The molecule has 1 aromatic rings. The van der Waals surface area contributed by atoms with Crippen LogP contribution < -0.4 is 0 Å². The van der Waals surface area contributed by atoms with Crippen LogP contribution in [0.2, 0.25) is 0 Å². The second kappa shape index (κ2) is 8.63. The highest BCUT2D eigenvalue weighted by atomic mass is 16.5. The highest BCUT2D eigenvalue weighted by Gasteiger charge is 2.45. The van der Waals surface area contributed by atoms with E-state index in [-0.39, 0.29) is 12.1 Å². The minimum absolute atomic E-state index is 0.167. The van der Waals surface area contributed by atoms with Crippen LogP contribution in [0.5, 0.6) is 0 Å². The van der Waals surface area contributed by atoms with Gasteiger partial charge in [-0.1, -0.05) is 57.0 Å². The van der Waals surface area contributed by atoms with E-state index in [9.17, 15) is 9.90 Å². The number of hydrogen-bond donors (Lipinski definition) is 1. The molecule has 2 rings (SSSR count). The Morgan fingerprint density at radius 1 is 1.29 bits per heavy atom. The van der Waals surface area contributed by atoms with Gasteiger partial charge >= 0.3 is 5.97 Å². The Bertz CT molecular complexity index is 515. The maximum absolute atomic E-state index is 12.8. The van der Waals surface area contributed by atoms with E-state index in [0.29, 0.717) is 12.8 Å². The first kappa shape index (κ1) is 18.9. The molecule has 1 aromatic carbocycles. The quantitative estimate of drug-likeness (QED) is 0.778. The molecule has 4 nitrogen and oxygen atoms in total. The van der Waals surface area contributed by atoms with Crippen molar-refractivity contribution in [2.24, 2.45) is 5.92 Å². The normalized spacial score (nSPS) is 25.5. The van der Waals surface area contributed by atoms with Crippen molar-refractivity contribution in [3.05, 3.63) is 35.9 Å². The van der Waals surface area contributed by atoms with Crippen molar-refractivity contribution in [1.82, 2.24) is 4.90 Å². The molecule has 4 heteroatoms. The number of nitrogens with zero attached hydrogens (tertiary/aromatic N) is 1. The van der Waals surface area contributed by atoms with Gasteiger partial charge in [-0.15, -0.1) is 0 Å². The van der Waals surface area contributed by atoms with Crippen molar-refractivity contribution in [3.63, 3.8) is 0 Å². The lowest BCUT2D eigenvalue weighted by Crippen LogP contribution is -2.44. The van der Waals surface area contributed by atoms with Crippen LogP contribution in [0, 0.1) is 5.92 Å². The van der Waals surface area contributed by atoms with E-state index in [0.717, 1.165) is 38.0 Å². The molecule has 1 aliphatic rings. The molecule has 1 fully saturated rings. The van der Waals surface area contributed by atoms with Gasteiger partial charge in [-0.25, -0.2) is 0 Å². The lowest BCUT2D eigenvalue weighted by molar-refractivity contribution is -0.169. The van der Waals surface area contributed by atoms with Crippen molar-refractivity contribution in [2.45, 2.75) is 58.2 Å². The van der Waals surface area contributed by atoms with Gasteiger partial charge in [-0.2, -0.15) is 0 Å². The summed E-state index contributed by atoms with van der Waals surface area (Å²) in [6, 6.07) is 9.56. The minimum atomic E-state index is -1.11. The molecule has 1 aliphatic carbocycles. The Morgan fingerprint density at radius 2 is 1.96 bits per heavy atom.